The minimum Gasteiger partial charge on any atom is -0.491 e. The number of hydrogen-bond donors (Lipinski definition) is 0. The molecule has 2 rings (SSSR count). The van der Waals surface area contributed by atoms with E-state index in [2.05, 4.69) is 78.3 Å². The molecule has 0 fully saturated rings. The molecular weight excluding hydrogens is 336 g/mol. The molecule has 0 aliphatic carbocycles. The van der Waals surface area contributed by atoms with E-state index < -0.39 is 0 Å². The molecule has 2 aromatic carbocycles. The molecule has 0 bridgehead atoms. The molecule has 0 heterocycles. The summed E-state index contributed by atoms with van der Waals surface area (Å²) in [5.41, 5.74) is 2.44. The fraction of sp³-hybridized carbons (Fsp3) is 0.400. The molecule has 0 aromatic heterocycles. The molecule has 0 aliphatic rings. The molecule has 0 saturated carbocycles. The fourth-order valence-corrected chi connectivity index (χ4v) is 2.78. The predicted molar refractivity (Wildman–Crippen MR) is 98.4 cm³/mol. The van der Waals surface area contributed by atoms with Crippen LogP contribution in [-0.4, -0.2) is 6.10 Å². The zero-order valence-electron chi connectivity index (χ0n) is 13.5. The van der Waals surface area contributed by atoms with Gasteiger partial charge >= 0.3 is 0 Å². The van der Waals surface area contributed by atoms with Gasteiger partial charge in [0.25, 0.3) is 0 Å². The van der Waals surface area contributed by atoms with Gasteiger partial charge in [-0.05, 0) is 55.2 Å². The minimum atomic E-state index is 0.287. The lowest BCUT2D eigenvalue weighted by Gasteiger charge is -2.15. The van der Waals surface area contributed by atoms with Gasteiger partial charge in [-0.3, -0.25) is 0 Å². The van der Waals surface area contributed by atoms with Crippen LogP contribution in [0.5, 0.6) is 5.75 Å². The first-order valence-electron chi connectivity index (χ1n) is 8.21. The van der Waals surface area contributed by atoms with Crippen molar-refractivity contribution in [3.63, 3.8) is 0 Å². The number of ether oxygens (including phenoxy) is 1. The molecule has 0 radical (unpaired) electrons. The Morgan fingerprint density at radius 3 is 2.05 bits per heavy atom. The van der Waals surface area contributed by atoms with Crippen LogP contribution in [0.25, 0.3) is 11.1 Å². The molecule has 2 heteroatoms. The summed E-state index contributed by atoms with van der Waals surface area (Å²) in [6.45, 7) is 4.40. The monoisotopic (exact) mass is 360 g/mol. The average Bonchev–Trinajstić information content (AvgIpc) is 2.53. The quantitative estimate of drug-likeness (QED) is 0.467. The molecule has 118 valence electrons. The van der Waals surface area contributed by atoms with Gasteiger partial charge in [-0.2, -0.15) is 0 Å². The largest absolute Gasteiger partial charge is 0.491 e. The van der Waals surface area contributed by atoms with E-state index in [1.54, 1.807) is 0 Å². The van der Waals surface area contributed by atoms with E-state index in [0.717, 1.165) is 16.6 Å². The van der Waals surface area contributed by atoms with Gasteiger partial charge in [0.2, 0.25) is 0 Å². The topological polar surface area (TPSA) is 9.23 Å². The summed E-state index contributed by atoms with van der Waals surface area (Å²) in [6.07, 6.45) is 6.60. The second-order valence-electron chi connectivity index (χ2n) is 5.81. The number of rotatable bonds is 8. The third-order valence-corrected chi connectivity index (χ3v) is 4.36. The van der Waals surface area contributed by atoms with Crippen molar-refractivity contribution in [2.45, 2.75) is 52.1 Å². The van der Waals surface area contributed by atoms with Gasteiger partial charge in [0.1, 0.15) is 5.75 Å². The highest BCUT2D eigenvalue weighted by molar-refractivity contribution is 9.10. The lowest BCUT2D eigenvalue weighted by molar-refractivity contribution is 0.206. The highest BCUT2D eigenvalue weighted by Crippen LogP contribution is 2.24. The Morgan fingerprint density at radius 2 is 1.45 bits per heavy atom. The lowest BCUT2D eigenvalue weighted by atomic mass is 10.1. The van der Waals surface area contributed by atoms with Crippen molar-refractivity contribution in [3.8, 4) is 16.9 Å². The van der Waals surface area contributed by atoms with E-state index in [4.69, 9.17) is 4.74 Å². The molecule has 1 atom stereocenters. The Hall–Kier alpha value is -1.28. The van der Waals surface area contributed by atoms with Crippen LogP contribution in [0.4, 0.5) is 0 Å². The van der Waals surface area contributed by atoms with Crippen LogP contribution in [-0.2, 0) is 0 Å². The van der Waals surface area contributed by atoms with E-state index in [0.29, 0.717) is 0 Å². The van der Waals surface area contributed by atoms with Crippen LogP contribution >= 0.6 is 15.9 Å². The van der Waals surface area contributed by atoms with Gasteiger partial charge in [-0.1, -0.05) is 66.4 Å². The minimum absolute atomic E-state index is 0.287. The number of halogens is 1. The maximum Gasteiger partial charge on any atom is 0.119 e. The van der Waals surface area contributed by atoms with E-state index in [1.807, 2.05) is 0 Å². The predicted octanol–water partition coefficient (Wildman–Crippen LogP) is 6.85. The number of hydrogen-bond acceptors (Lipinski definition) is 1. The second kappa shape index (κ2) is 8.99. The standard InChI is InChI=1S/C20H25BrO/c1-3-4-5-6-7-16(2)22-20-14-10-18(11-15-20)17-8-12-19(21)13-9-17/h8-16H,3-7H2,1-2H3. The summed E-state index contributed by atoms with van der Waals surface area (Å²) in [7, 11) is 0. The zero-order chi connectivity index (χ0) is 15.8. The third-order valence-electron chi connectivity index (χ3n) is 3.83. The molecule has 22 heavy (non-hydrogen) atoms. The highest BCUT2D eigenvalue weighted by atomic mass is 79.9. The smallest absolute Gasteiger partial charge is 0.119 e. The molecule has 1 unspecified atom stereocenters. The Labute approximate surface area is 142 Å². The summed E-state index contributed by atoms with van der Waals surface area (Å²) in [6, 6.07) is 16.8. The second-order valence-corrected chi connectivity index (χ2v) is 6.72. The van der Waals surface area contributed by atoms with Crippen LogP contribution in [0.3, 0.4) is 0 Å². The number of unbranched alkanes of at least 4 members (excludes halogenated alkanes) is 3. The van der Waals surface area contributed by atoms with Gasteiger partial charge in [-0.25, -0.2) is 0 Å². The summed E-state index contributed by atoms with van der Waals surface area (Å²) in [5.74, 6) is 0.962. The van der Waals surface area contributed by atoms with Crippen molar-refractivity contribution < 1.29 is 4.74 Å². The number of benzene rings is 2. The van der Waals surface area contributed by atoms with Gasteiger partial charge < -0.3 is 4.74 Å². The van der Waals surface area contributed by atoms with Crippen molar-refractivity contribution in [1.82, 2.24) is 0 Å². The SMILES string of the molecule is CCCCCCC(C)Oc1ccc(-c2ccc(Br)cc2)cc1. The van der Waals surface area contributed by atoms with Crippen molar-refractivity contribution in [2.24, 2.45) is 0 Å². The summed E-state index contributed by atoms with van der Waals surface area (Å²) >= 11 is 3.47. The zero-order valence-corrected chi connectivity index (χ0v) is 15.1. The first kappa shape index (κ1) is 17.1. The molecule has 0 amide bonds. The van der Waals surface area contributed by atoms with Gasteiger partial charge in [0.15, 0.2) is 0 Å². The summed E-state index contributed by atoms with van der Waals surface area (Å²) in [5, 5.41) is 0. The van der Waals surface area contributed by atoms with Crippen LogP contribution < -0.4 is 4.74 Å². The average molecular weight is 361 g/mol. The fourth-order valence-electron chi connectivity index (χ4n) is 2.52. The molecular formula is C20H25BrO. The van der Waals surface area contributed by atoms with E-state index in [1.165, 1.54) is 36.8 Å². The van der Waals surface area contributed by atoms with Crippen molar-refractivity contribution in [1.29, 1.82) is 0 Å². The van der Waals surface area contributed by atoms with Crippen LogP contribution in [0.1, 0.15) is 46.0 Å². The Balaban J connectivity index is 1.87. The Morgan fingerprint density at radius 1 is 0.864 bits per heavy atom. The molecule has 1 nitrogen and oxygen atoms in total. The van der Waals surface area contributed by atoms with Crippen LogP contribution in [0, 0.1) is 0 Å². The highest BCUT2D eigenvalue weighted by Gasteiger charge is 2.04. The van der Waals surface area contributed by atoms with E-state index in [9.17, 15) is 0 Å². The van der Waals surface area contributed by atoms with Gasteiger partial charge in [-0.15, -0.1) is 0 Å². The maximum atomic E-state index is 6.00. The first-order chi connectivity index (χ1) is 10.7. The van der Waals surface area contributed by atoms with Crippen molar-refractivity contribution in [3.05, 3.63) is 53.0 Å². The normalized spacial score (nSPS) is 12.1. The van der Waals surface area contributed by atoms with Crippen molar-refractivity contribution in [2.75, 3.05) is 0 Å². The van der Waals surface area contributed by atoms with E-state index in [-0.39, 0.29) is 6.10 Å². The molecule has 2 aromatic rings. The lowest BCUT2D eigenvalue weighted by Crippen LogP contribution is -2.11. The first-order valence-corrected chi connectivity index (χ1v) is 9.01. The Bertz CT molecular complexity index is 545. The van der Waals surface area contributed by atoms with Gasteiger partial charge in [0, 0.05) is 4.47 Å². The van der Waals surface area contributed by atoms with Crippen LogP contribution in [0.15, 0.2) is 53.0 Å². The molecule has 0 spiro atoms. The summed E-state index contributed by atoms with van der Waals surface area (Å²) in [4.78, 5) is 0. The maximum absolute atomic E-state index is 6.00. The molecule has 0 saturated heterocycles. The van der Waals surface area contributed by atoms with E-state index >= 15 is 0 Å². The summed E-state index contributed by atoms with van der Waals surface area (Å²) < 4.78 is 7.10. The molecule has 0 N–H and O–H groups in total. The third kappa shape index (κ3) is 5.49. The molecule has 0 aliphatic heterocycles. The van der Waals surface area contributed by atoms with Crippen LogP contribution in [0.2, 0.25) is 0 Å². The van der Waals surface area contributed by atoms with Gasteiger partial charge in [0.05, 0.1) is 6.10 Å². The van der Waals surface area contributed by atoms with Crippen molar-refractivity contribution >= 4 is 15.9 Å². The Kier molecular flexibility index (Phi) is 6.98.